The van der Waals surface area contributed by atoms with Crippen molar-refractivity contribution >= 4 is 23.5 Å². The van der Waals surface area contributed by atoms with Crippen LogP contribution in [-0.2, 0) is 28.7 Å². The SMILES string of the molecule is CCCCCCC/C=C\CCCCCCCCOC(=O)CCC(=O)OCC(=O)[C@@]1(O)CC[C@H]2[C@@H]3CCC4=CC(=O)C=C[C@]4(C)[C@@]3(F)[C@@H](O)C[C@@]21C. The monoisotopic (exact) mass is 714 g/mol. The average molecular weight is 715 g/mol. The van der Waals surface area contributed by atoms with E-state index in [-0.39, 0.29) is 31.5 Å². The summed E-state index contributed by atoms with van der Waals surface area (Å²) in [5, 5.41) is 23.2. The highest BCUT2D eigenvalue weighted by Crippen LogP contribution is 2.69. The minimum atomic E-state index is -2.06. The van der Waals surface area contributed by atoms with Crippen molar-refractivity contribution in [2.75, 3.05) is 13.2 Å². The second-order valence-corrected chi connectivity index (χ2v) is 16.1. The lowest BCUT2D eigenvalue weighted by atomic mass is 9.44. The molecule has 9 heteroatoms. The fourth-order valence-electron chi connectivity index (χ4n) is 9.65. The number of halogens is 1. The number of aliphatic hydroxyl groups is 2. The number of Topliss-reactive ketones (excluding diaryl/α,β-unsaturated/α-hetero) is 1. The van der Waals surface area contributed by atoms with Gasteiger partial charge in [0.1, 0.15) is 5.60 Å². The molecule has 4 aliphatic rings. The Morgan fingerprint density at radius 3 is 2.16 bits per heavy atom. The van der Waals surface area contributed by atoms with E-state index >= 15 is 4.39 Å². The summed E-state index contributed by atoms with van der Waals surface area (Å²) < 4.78 is 27.7. The first-order valence-corrected chi connectivity index (χ1v) is 19.9. The molecule has 51 heavy (non-hydrogen) atoms. The summed E-state index contributed by atoms with van der Waals surface area (Å²) in [6, 6.07) is 0. The summed E-state index contributed by atoms with van der Waals surface area (Å²) in [6.07, 6.45) is 23.7. The molecule has 0 heterocycles. The van der Waals surface area contributed by atoms with Gasteiger partial charge in [-0.1, -0.05) is 89.0 Å². The van der Waals surface area contributed by atoms with Crippen molar-refractivity contribution in [2.24, 2.45) is 22.7 Å². The first-order chi connectivity index (χ1) is 24.3. The molecule has 3 saturated carbocycles. The number of hydrogen-bond donors (Lipinski definition) is 2. The van der Waals surface area contributed by atoms with Gasteiger partial charge in [-0.3, -0.25) is 19.2 Å². The number of carbonyl (C=O) groups excluding carboxylic acids is 4. The highest BCUT2D eigenvalue weighted by molar-refractivity contribution is 6.01. The molecular formula is C42H63FO8. The molecule has 286 valence electrons. The predicted molar refractivity (Wildman–Crippen MR) is 194 cm³/mol. The first kappa shape index (κ1) is 41.1. The summed E-state index contributed by atoms with van der Waals surface area (Å²) in [5.74, 6) is -3.14. The zero-order chi connectivity index (χ0) is 37.1. The third-order valence-electron chi connectivity index (χ3n) is 12.8. The lowest BCUT2D eigenvalue weighted by Crippen LogP contribution is -2.69. The molecule has 0 aliphatic heterocycles. The Hall–Kier alpha value is -2.65. The van der Waals surface area contributed by atoms with E-state index in [9.17, 15) is 29.4 Å². The number of rotatable bonds is 21. The molecule has 0 spiro atoms. The van der Waals surface area contributed by atoms with Crippen LogP contribution >= 0.6 is 0 Å². The summed E-state index contributed by atoms with van der Waals surface area (Å²) in [4.78, 5) is 50.1. The molecule has 4 rings (SSSR count). The smallest absolute Gasteiger partial charge is 0.306 e. The van der Waals surface area contributed by atoms with E-state index in [2.05, 4.69) is 19.1 Å². The fourth-order valence-corrected chi connectivity index (χ4v) is 9.65. The Kier molecular flexibility index (Phi) is 14.8. The standard InChI is InChI=1S/C42H63FO8/c1-4-5-6-7-8-9-10-11-12-13-14-15-16-17-18-27-50-37(47)21-22-38(48)51-30-36(46)41(49)26-24-33-34-20-19-31-28-32(44)23-25-39(31,2)42(34,43)35(45)29-40(33,41)3/h10-11,23,25,28,33-35,45,49H,4-9,12-22,24,26-27,29-30H2,1-3H3/b11-10-/t33-,34-,35-,39-,40-,41-,42-/m0/s1. The number of unbranched alkanes of at least 4 members (excludes halogenated alkanes) is 11. The van der Waals surface area contributed by atoms with E-state index in [0.717, 1.165) is 32.1 Å². The maximum absolute atomic E-state index is 17.2. The van der Waals surface area contributed by atoms with Gasteiger partial charge in [-0.15, -0.1) is 0 Å². The molecule has 3 fully saturated rings. The molecule has 0 amide bonds. The van der Waals surface area contributed by atoms with Gasteiger partial charge >= 0.3 is 11.9 Å². The van der Waals surface area contributed by atoms with Crippen molar-refractivity contribution in [3.05, 3.63) is 36.0 Å². The zero-order valence-electron chi connectivity index (χ0n) is 31.4. The number of ketones is 2. The van der Waals surface area contributed by atoms with Gasteiger partial charge in [0.15, 0.2) is 18.1 Å². The van der Waals surface area contributed by atoms with Crippen LogP contribution in [0.5, 0.6) is 0 Å². The number of carbonyl (C=O) groups is 4. The highest BCUT2D eigenvalue weighted by Gasteiger charge is 2.74. The van der Waals surface area contributed by atoms with Gasteiger partial charge in [0, 0.05) is 16.7 Å². The molecule has 0 aromatic carbocycles. The Bertz CT molecular complexity index is 1320. The van der Waals surface area contributed by atoms with Crippen molar-refractivity contribution in [2.45, 2.75) is 167 Å². The minimum Gasteiger partial charge on any atom is -0.466 e. The van der Waals surface area contributed by atoms with E-state index in [1.165, 1.54) is 63.5 Å². The lowest BCUT2D eigenvalue weighted by Gasteiger charge is -2.62. The van der Waals surface area contributed by atoms with Gasteiger partial charge in [-0.05, 0) is 89.2 Å². The van der Waals surface area contributed by atoms with Crippen molar-refractivity contribution < 1.29 is 43.3 Å². The number of aliphatic hydroxyl groups excluding tert-OH is 1. The zero-order valence-corrected chi connectivity index (χ0v) is 31.4. The normalized spacial score (nSPS) is 32.6. The van der Waals surface area contributed by atoms with Crippen LogP contribution in [0.4, 0.5) is 4.39 Å². The van der Waals surface area contributed by atoms with E-state index in [1.807, 2.05) is 0 Å². The van der Waals surface area contributed by atoms with Gasteiger partial charge in [0.25, 0.3) is 0 Å². The maximum atomic E-state index is 17.2. The highest BCUT2D eigenvalue weighted by atomic mass is 19.1. The Morgan fingerprint density at radius 1 is 0.882 bits per heavy atom. The molecule has 8 nitrogen and oxygen atoms in total. The van der Waals surface area contributed by atoms with Crippen LogP contribution in [0, 0.1) is 22.7 Å². The van der Waals surface area contributed by atoms with Crippen LogP contribution < -0.4 is 0 Å². The Balaban J connectivity index is 1.11. The Labute approximate surface area is 304 Å². The quantitative estimate of drug-likeness (QED) is 0.0693. The van der Waals surface area contributed by atoms with Crippen molar-refractivity contribution in [1.82, 2.24) is 0 Å². The van der Waals surface area contributed by atoms with Gasteiger partial charge in [-0.25, -0.2) is 4.39 Å². The number of esters is 2. The third-order valence-corrected chi connectivity index (χ3v) is 12.8. The van der Waals surface area contributed by atoms with E-state index in [0.29, 0.717) is 31.4 Å². The van der Waals surface area contributed by atoms with Crippen molar-refractivity contribution in [3.63, 3.8) is 0 Å². The lowest BCUT2D eigenvalue weighted by molar-refractivity contribution is -0.217. The third kappa shape index (κ3) is 9.12. The average Bonchev–Trinajstić information content (AvgIpc) is 3.37. The van der Waals surface area contributed by atoms with Gasteiger partial charge in [-0.2, -0.15) is 0 Å². The van der Waals surface area contributed by atoms with E-state index in [4.69, 9.17) is 9.47 Å². The van der Waals surface area contributed by atoms with Crippen LogP contribution in [0.3, 0.4) is 0 Å². The largest absolute Gasteiger partial charge is 0.466 e. The van der Waals surface area contributed by atoms with Crippen LogP contribution in [-0.4, -0.2) is 64.3 Å². The summed E-state index contributed by atoms with van der Waals surface area (Å²) in [6.45, 7) is 5.33. The number of allylic oxidation sites excluding steroid dienone is 6. The number of alkyl halides is 1. The molecular weight excluding hydrogens is 651 g/mol. The van der Waals surface area contributed by atoms with Crippen LogP contribution in [0.1, 0.15) is 149 Å². The summed E-state index contributed by atoms with van der Waals surface area (Å²) in [5.41, 5.74) is -5.58. The molecule has 0 aromatic heterocycles. The van der Waals surface area contributed by atoms with Crippen molar-refractivity contribution in [1.29, 1.82) is 0 Å². The maximum Gasteiger partial charge on any atom is 0.306 e. The molecule has 2 N–H and O–H groups in total. The van der Waals surface area contributed by atoms with Gasteiger partial charge < -0.3 is 19.7 Å². The summed E-state index contributed by atoms with van der Waals surface area (Å²) >= 11 is 0. The van der Waals surface area contributed by atoms with Crippen molar-refractivity contribution in [3.8, 4) is 0 Å². The minimum absolute atomic E-state index is 0.0700. The predicted octanol–water partition coefficient (Wildman–Crippen LogP) is 8.17. The van der Waals surface area contributed by atoms with Crippen LogP contribution in [0.25, 0.3) is 0 Å². The molecule has 0 unspecified atom stereocenters. The molecule has 4 aliphatic carbocycles. The second-order valence-electron chi connectivity index (χ2n) is 16.1. The molecule has 7 atom stereocenters. The molecule has 0 bridgehead atoms. The fraction of sp³-hybridized carbons (Fsp3) is 0.762. The van der Waals surface area contributed by atoms with E-state index in [1.54, 1.807) is 19.9 Å². The number of hydrogen-bond acceptors (Lipinski definition) is 8. The number of fused-ring (bicyclic) bond motifs is 5. The van der Waals surface area contributed by atoms with Crippen LogP contribution in [0.15, 0.2) is 36.0 Å². The number of ether oxygens (including phenoxy) is 2. The molecule has 0 aromatic rings. The summed E-state index contributed by atoms with van der Waals surface area (Å²) in [7, 11) is 0. The molecule has 0 radical (unpaired) electrons. The Morgan fingerprint density at radius 2 is 1.49 bits per heavy atom. The van der Waals surface area contributed by atoms with Crippen LogP contribution in [0.2, 0.25) is 0 Å². The molecule has 0 saturated heterocycles. The first-order valence-electron chi connectivity index (χ1n) is 19.9. The van der Waals surface area contributed by atoms with E-state index < -0.39 is 64.4 Å². The topological polar surface area (TPSA) is 127 Å². The van der Waals surface area contributed by atoms with Gasteiger partial charge in [0.05, 0.1) is 25.6 Å². The second kappa shape index (κ2) is 18.4. The van der Waals surface area contributed by atoms with Gasteiger partial charge in [0.2, 0.25) is 5.78 Å².